The van der Waals surface area contributed by atoms with Gasteiger partial charge in [0.2, 0.25) is 5.96 Å². The molecule has 1 aliphatic heterocycles. The fourth-order valence-electron chi connectivity index (χ4n) is 7.41. The molecule has 0 spiro atoms. The minimum Gasteiger partial charge on any atom is -0.310 e. The summed E-state index contributed by atoms with van der Waals surface area (Å²) in [5.41, 5.74) is 12.0. The van der Waals surface area contributed by atoms with Gasteiger partial charge in [-0.3, -0.25) is 4.57 Å². The van der Waals surface area contributed by atoms with Gasteiger partial charge in [-0.1, -0.05) is 141 Å². The molecule has 1 atom stereocenters. The zero-order chi connectivity index (χ0) is 30.8. The van der Waals surface area contributed by atoms with Crippen molar-refractivity contribution in [2.45, 2.75) is 25.4 Å². The Bertz CT molecular complexity index is 2350. The first-order valence-corrected chi connectivity index (χ1v) is 15.9. The van der Waals surface area contributed by atoms with Crippen molar-refractivity contribution in [3.05, 3.63) is 168 Å². The normalized spacial score (nSPS) is 16.4. The lowest BCUT2D eigenvalue weighted by atomic mass is 9.82. The maximum absolute atomic E-state index is 5.30. The monoisotopic (exact) mass is 592 g/mol. The van der Waals surface area contributed by atoms with Crippen molar-refractivity contribution in [3.8, 4) is 22.3 Å². The molecule has 1 unspecified atom stereocenters. The Kier molecular flexibility index (Phi) is 5.88. The summed E-state index contributed by atoms with van der Waals surface area (Å²) in [6.45, 7) is 4.69. The molecular formula is C42H32N4. The van der Waals surface area contributed by atoms with Gasteiger partial charge < -0.3 is 5.32 Å². The van der Waals surface area contributed by atoms with Crippen LogP contribution in [-0.4, -0.2) is 16.4 Å². The van der Waals surface area contributed by atoms with Gasteiger partial charge in [0.25, 0.3) is 0 Å². The van der Waals surface area contributed by atoms with Gasteiger partial charge in [0.15, 0.2) is 6.17 Å². The molecule has 4 heteroatoms. The number of fused-ring (bicyclic) bond motifs is 7. The van der Waals surface area contributed by atoms with E-state index in [0.29, 0.717) is 0 Å². The molecule has 0 radical (unpaired) electrons. The first kappa shape index (κ1) is 26.6. The number of nitrogens with one attached hydrogen (secondary N) is 1. The summed E-state index contributed by atoms with van der Waals surface area (Å²) in [4.78, 5) is 10.4. The molecule has 0 amide bonds. The fraction of sp³-hybridized carbons (Fsp3) is 0.0952. The van der Waals surface area contributed by atoms with Crippen molar-refractivity contribution in [2.24, 2.45) is 9.98 Å². The van der Waals surface area contributed by atoms with Crippen LogP contribution in [0.1, 0.15) is 42.3 Å². The summed E-state index contributed by atoms with van der Waals surface area (Å²) in [7, 11) is 0. The first-order valence-electron chi connectivity index (χ1n) is 15.9. The van der Waals surface area contributed by atoms with Crippen LogP contribution in [0.5, 0.6) is 0 Å². The Morgan fingerprint density at radius 3 is 2.00 bits per heavy atom. The Balaban J connectivity index is 1.35. The van der Waals surface area contributed by atoms with Crippen LogP contribution in [0, 0.1) is 0 Å². The summed E-state index contributed by atoms with van der Waals surface area (Å²) in [6.07, 6.45) is -0.377. The molecule has 220 valence electrons. The van der Waals surface area contributed by atoms with Crippen LogP contribution >= 0.6 is 0 Å². The van der Waals surface area contributed by atoms with E-state index in [2.05, 4.69) is 157 Å². The smallest absolute Gasteiger partial charge is 0.211 e. The highest BCUT2D eigenvalue weighted by molar-refractivity contribution is 6.23. The maximum atomic E-state index is 5.30. The van der Waals surface area contributed by atoms with Crippen molar-refractivity contribution in [3.63, 3.8) is 0 Å². The van der Waals surface area contributed by atoms with E-state index in [4.69, 9.17) is 9.98 Å². The van der Waals surface area contributed by atoms with Gasteiger partial charge in [0.1, 0.15) is 5.84 Å². The van der Waals surface area contributed by atoms with Gasteiger partial charge in [-0.05, 0) is 57.1 Å². The SMILES string of the molecule is CC1(C)c2ccccc2-c2c1ccc1c2c2cc(-c3ccccc3)ccc2n1C1=NC(c2ccccc2)N=C(c2ccccc2)N1. The number of rotatable bonds is 3. The number of benzene rings is 6. The third-order valence-corrected chi connectivity index (χ3v) is 9.66. The van der Waals surface area contributed by atoms with E-state index in [1.165, 1.54) is 44.2 Å². The number of nitrogens with zero attached hydrogens (tertiary/aromatic N) is 3. The lowest BCUT2D eigenvalue weighted by Crippen LogP contribution is -2.39. The molecule has 4 nitrogen and oxygen atoms in total. The standard InChI is InChI=1S/C42H32N4/c1-42(2)33-21-13-12-20-31(33)37-34(42)23-25-36-38(37)32-26-30(27-14-6-3-7-15-27)22-24-35(32)46(36)41-44-39(28-16-8-4-9-17-28)43-40(45-41)29-18-10-5-11-19-29/h3-26,39H,1-2H3,(H,43,44,45). The van der Waals surface area contributed by atoms with E-state index < -0.39 is 0 Å². The molecule has 46 heavy (non-hydrogen) atoms. The molecule has 7 aromatic rings. The number of hydrogen-bond acceptors (Lipinski definition) is 3. The van der Waals surface area contributed by atoms with Crippen LogP contribution in [0.3, 0.4) is 0 Å². The summed E-state index contributed by atoms with van der Waals surface area (Å²) in [5.74, 6) is 1.57. The van der Waals surface area contributed by atoms with Crippen LogP contribution in [0.2, 0.25) is 0 Å². The van der Waals surface area contributed by atoms with E-state index in [9.17, 15) is 0 Å². The zero-order valence-electron chi connectivity index (χ0n) is 25.8. The number of hydrogen-bond donors (Lipinski definition) is 1. The minimum absolute atomic E-state index is 0.0995. The molecule has 1 aromatic heterocycles. The molecule has 6 aromatic carbocycles. The van der Waals surface area contributed by atoms with Crippen molar-refractivity contribution in [2.75, 3.05) is 0 Å². The van der Waals surface area contributed by atoms with E-state index in [1.54, 1.807) is 0 Å². The van der Waals surface area contributed by atoms with Gasteiger partial charge in [-0.15, -0.1) is 0 Å². The molecule has 1 aliphatic carbocycles. The van der Waals surface area contributed by atoms with Crippen molar-refractivity contribution in [1.29, 1.82) is 0 Å². The topological polar surface area (TPSA) is 41.7 Å². The molecular weight excluding hydrogens is 560 g/mol. The second kappa shape index (κ2) is 10.1. The predicted octanol–water partition coefficient (Wildman–Crippen LogP) is 9.72. The average Bonchev–Trinajstić information content (AvgIpc) is 3.57. The Morgan fingerprint density at radius 1 is 0.587 bits per heavy atom. The third-order valence-electron chi connectivity index (χ3n) is 9.66. The van der Waals surface area contributed by atoms with E-state index in [-0.39, 0.29) is 11.6 Å². The van der Waals surface area contributed by atoms with E-state index in [1.807, 2.05) is 12.1 Å². The zero-order valence-corrected chi connectivity index (χ0v) is 25.8. The molecule has 0 saturated carbocycles. The van der Waals surface area contributed by atoms with Gasteiger partial charge in [-0.25, -0.2) is 9.98 Å². The van der Waals surface area contributed by atoms with Crippen molar-refractivity contribution in [1.82, 2.24) is 9.88 Å². The molecule has 0 saturated heterocycles. The molecule has 1 N–H and O–H groups in total. The molecule has 0 fully saturated rings. The second-order valence-electron chi connectivity index (χ2n) is 12.7. The van der Waals surface area contributed by atoms with Crippen LogP contribution in [-0.2, 0) is 5.41 Å². The Hall–Kier alpha value is -5.74. The van der Waals surface area contributed by atoms with Crippen LogP contribution in [0.25, 0.3) is 44.1 Å². The third kappa shape index (κ3) is 4.00. The van der Waals surface area contributed by atoms with Crippen molar-refractivity contribution < 1.29 is 0 Å². The molecule has 2 aliphatic rings. The quantitative estimate of drug-likeness (QED) is 0.218. The highest BCUT2D eigenvalue weighted by Gasteiger charge is 2.37. The van der Waals surface area contributed by atoms with Gasteiger partial charge >= 0.3 is 0 Å². The summed E-state index contributed by atoms with van der Waals surface area (Å²) >= 11 is 0. The van der Waals surface area contributed by atoms with Gasteiger partial charge in [-0.2, -0.15) is 0 Å². The molecule has 9 rings (SSSR count). The Labute approximate surface area is 268 Å². The lowest BCUT2D eigenvalue weighted by molar-refractivity contribution is 0.661. The summed E-state index contributed by atoms with van der Waals surface area (Å²) < 4.78 is 2.31. The van der Waals surface area contributed by atoms with E-state index >= 15 is 0 Å². The minimum atomic E-state index is -0.377. The highest BCUT2D eigenvalue weighted by atomic mass is 15.3. The largest absolute Gasteiger partial charge is 0.310 e. The maximum Gasteiger partial charge on any atom is 0.211 e. The van der Waals surface area contributed by atoms with Gasteiger partial charge in [0.05, 0.1) is 11.0 Å². The van der Waals surface area contributed by atoms with Crippen LogP contribution in [0.15, 0.2) is 156 Å². The van der Waals surface area contributed by atoms with E-state index in [0.717, 1.165) is 34.0 Å². The second-order valence-corrected chi connectivity index (χ2v) is 12.7. The lowest BCUT2D eigenvalue weighted by Gasteiger charge is -2.24. The number of amidine groups is 1. The summed E-state index contributed by atoms with van der Waals surface area (Å²) in [6, 6.07) is 51.7. The van der Waals surface area contributed by atoms with Crippen molar-refractivity contribution >= 4 is 33.6 Å². The fourth-order valence-corrected chi connectivity index (χ4v) is 7.41. The number of aromatic nitrogens is 1. The van der Waals surface area contributed by atoms with Crippen LogP contribution in [0.4, 0.5) is 0 Å². The number of aliphatic imine (C=N–C) groups is 2. The van der Waals surface area contributed by atoms with Gasteiger partial charge in [0, 0.05) is 21.8 Å². The van der Waals surface area contributed by atoms with Crippen LogP contribution < -0.4 is 5.32 Å². The highest BCUT2D eigenvalue weighted by Crippen LogP contribution is 2.53. The average molecular weight is 593 g/mol. The molecule has 0 bridgehead atoms. The Morgan fingerprint density at radius 2 is 1.24 bits per heavy atom. The predicted molar refractivity (Wildman–Crippen MR) is 191 cm³/mol. The summed E-state index contributed by atoms with van der Waals surface area (Å²) in [5, 5.41) is 6.14. The first-order chi connectivity index (χ1) is 22.6. The molecule has 2 heterocycles.